The maximum atomic E-state index is 10.7. The van der Waals surface area contributed by atoms with Crippen molar-refractivity contribution >= 4 is 17.7 Å². The molecular weight excluding hydrogens is 280 g/mol. The average Bonchev–Trinajstić information content (AvgIpc) is 2.90. The van der Waals surface area contributed by atoms with E-state index in [1.807, 2.05) is 32.3 Å². The summed E-state index contributed by atoms with van der Waals surface area (Å²) in [5.41, 5.74) is 0.413. The van der Waals surface area contributed by atoms with Crippen LogP contribution in [0, 0.1) is 6.92 Å². The lowest BCUT2D eigenvalue weighted by Crippen LogP contribution is -2.24. The molecule has 0 radical (unpaired) electrons. The van der Waals surface area contributed by atoms with Crippen molar-refractivity contribution in [3.8, 4) is 11.6 Å². The summed E-state index contributed by atoms with van der Waals surface area (Å²) in [6.45, 7) is 7.81. The molecule has 2 aromatic heterocycles. The van der Waals surface area contributed by atoms with Crippen molar-refractivity contribution in [3.05, 3.63) is 12.1 Å². The number of aliphatic carboxylic acids is 1. The number of rotatable bonds is 4. The van der Waals surface area contributed by atoms with Gasteiger partial charge in [-0.25, -0.2) is 4.98 Å². The molecule has 2 rings (SSSR count). The third-order valence-corrected chi connectivity index (χ3v) is 3.49. The summed E-state index contributed by atoms with van der Waals surface area (Å²) in [5, 5.41) is 17.5. The molecule has 0 amide bonds. The van der Waals surface area contributed by atoms with Gasteiger partial charge in [-0.05, 0) is 27.7 Å². The summed E-state index contributed by atoms with van der Waals surface area (Å²) in [6.07, 6.45) is 1.36. The average molecular weight is 296 g/mol. The molecule has 0 aromatic carbocycles. The third kappa shape index (κ3) is 2.84. The molecule has 0 aliphatic rings. The topological polar surface area (TPSA) is 94.0 Å². The fourth-order valence-electron chi connectivity index (χ4n) is 1.76. The van der Waals surface area contributed by atoms with Crippen LogP contribution in [-0.2, 0) is 10.3 Å². The van der Waals surface area contributed by atoms with E-state index in [1.165, 1.54) is 6.39 Å². The molecule has 0 bridgehead atoms. The Morgan fingerprint density at radius 3 is 2.65 bits per heavy atom. The van der Waals surface area contributed by atoms with Crippen LogP contribution in [0.1, 0.15) is 26.5 Å². The summed E-state index contributed by atoms with van der Waals surface area (Å²) in [5.74, 6) is 0.148. The molecule has 2 heterocycles. The summed E-state index contributed by atoms with van der Waals surface area (Å²) in [7, 11) is 0. The molecule has 0 saturated carbocycles. The quantitative estimate of drug-likeness (QED) is 0.864. The fraction of sp³-hybridized carbons (Fsp3) is 0.500. The molecular formula is C12H16N4O3S. The Morgan fingerprint density at radius 1 is 1.45 bits per heavy atom. The van der Waals surface area contributed by atoms with Crippen LogP contribution in [0.2, 0.25) is 0 Å². The van der Waals surface area contributed by atoms with Crippen LogP contribution in [0.25, 0.3) is 11.6 Å². The van der Waals surface area contributed by atoms with Crippen LogP contribution in [-0.4, -0.2) is 36.6 Å². The van der Waals surface area contributed by atoms with Gasteiger partial charge in [0.15, 0.2) is 17.3 Å². The van der Waals surface area contributed by atoms with Gasteiger partial charge in [-0.1, -0.05) is 11.8 Å². The second-order valence-corrected chi connectivity index (χ2v) is 6.20. The number of carbonyl (C=O) groups is 1. The van der Waals surface area contributed by atoms with Gasteiger partial charge < -0.3 is 9.52 Å². The Balaban J connectivity index is 2.49. The molecule has 1 N–H and O–H groups in total. The molecule has 8 heteroatoms. The van der Waals surface area contributed by atoms with E-state index < -0.39 is 5.97 Å². The van der Waals surface area contributed by atoms with Crippen molar-refractivity contribution in [1.82, 2.24) is 19.7 Å². The Bertz CT molecular complexity index is 627. The Labute approximate surface area is 120 Å². The molecule has 2 aromatic rings. The highest BCUT2D eigenvalue weighted by molar-refractivity contribution is 7.99. The standard InChI is InChI=1S/C12H16N4O3S/c1-7-9(19-6-13-7)10-14-15-11(20-5-8(17)18)16(10)12(2,3)4/h6H,5H2,1-4H3,(H,17,18). The first-order chi connectivity index (χ1) is 9.30. The smallest absolute Gasteiger partial charge is 0.313 e. The predicted octanol–water partition coefficient (Wildman–Crippen LogP) is 2.17. The summed E-state index contributed by atoms with van der Waals surface area (Å²) < 4.78 is 7.23. The van der Waals surface area contributed by atoms with E-state index in [9.17, 15) is 4.79 Å². The summed E-state index contributed by atoms with van der Waals surface area (Å²) in [6, 6.07) is 0. The lowest BCUT2D eigenvalue weighted by molar-refractivity contribution is -0.133. The fourth-order valence-corrected chi connectivity index (χ4v) is 2.60. The number of carboxylic acid groups (broad SMARTS) is 1. The maximum absolute atomic E-state index is 10.7. The van der Waals surface area contributed by atoms with E-state index in [4.69, 9.17) is 9.52 Å². The third-order valence-electron chi connectivity index (χ3n) is 2.58. The summed E-state index contributed by atoms with van der Waals surface area (Å²) in [4.78, 5) is 14.8. The first kappa shape index (κ1) is 14.6. The molecule has 0 fully saturated rings. The van der Waals surface area contributed by atoms with E-state index in [-0.39, 0.29) is 11.3 Å². The highest BCUT2D eigenvalue weighted by Crippen LogP contribution is 2.31. The Hall–Kier alpha value is -1.83. The zero-order valence-electron chi connectivity index (χ0n) is 11.7. The van der Waals surface area contributed by atoms with Gasteiger partial charge in [0.2, 0.25) is 5.82 Å². The van der Waals surface area contributed by atoms with Gasteiger partial charge in [0.05, 0.1) is 11.4 Å². The van der Waals surface area contributed by atoms with E-state index in [0.29, 0.717) is 16.7 Å². The van der Waals surface area contributed by atoms with E-state index in [1.54, 1.807) is 0 Å². The van der Waals surface area contributed by atoms with Gasteiger partial charge >= 0.3 is 5.97 Å². The van der Waals surface area contributed by atoms with Crippen molar-refractivity contribution in [2.75, 3.05) is 5.75 Å². The molecule has 0 atom stereocenters. The minimum absolute atomic E-state index is 0.0659. The minimum Gasteiger partial charge on any atom is -0.481 e. The van der Waals surface area contributed by atoms with Crippen molar-refractivity contribution in [2.24, 2.45) is 0 Å². The predicted molar refractivity (Wildman–Crippen MR) is 73.6 cm³/mol. The molecule has 108 valence electrons. The second-order valence-electron chi connectivity index (χ2n) is 5.26. The number of hydrogen-bond donors (Lipinski definition) is 1. The first-order valence-corrected chi connectivity index (χ1v) is 7.00. The molecule has 7 nitrogen and oxygen atoms in total. The van der Waals surface area contributed by atoms with Crippen LogP contribution >= 0.6 is 11.8 Å². The number of aryl methyl sites for hydroxylation is 1. The Kier molecular flexibility index (Phi) is 3.85. The van der Waals surface area contributed by atoms with Crippen molar-refractivity contribution < 1.29 is 14.3 Å². The van der Waals surface area contributed by atoms with Crippen LogP contribution in [0.4, 0.5) is 0 Å². The van der Waals surface area contributed by atoms with Gasteiger partial charge in [0.1, 0.15) is 0 Å². The number of oxazole rings is 1. The zero-order valence-corrected chi connectivity index (χ0v) is 12.6. The van der Waals surface area contributed by atoms with Crippen molar-refractivity contribution in [1.29, 1.82) is 0 Å². The molecule has 0 aliphatic carbocycles. The number of aromatic nitrogens is 4. The molecule has 0 unspecified atom stereocenters. The number of thioether (sulfide) groups is 1. The lowest BCUT2D eigenvalue weighted by Gasteiger charge is -2.23. The van der Waals surface area contributed by atoms with Gasteiger partial charge in [-0.3, -0.25) is 9.36 Å². The summed E-state index contributed by atoms with van der Waals surface area (Å²) >= 11 is 1.13. The highest BCUT2D eigenvalue weighted by atomic mass is 32.2. The van der Waals surface area contributed by atoms with Crippen LogP contribution in [0.5, 0.6) is 0 Å². The van der Waals surface area contributed by atoms with Gasteiger partial charge in [0.25, 0.3) is 0 Å². The Morgan fingerprint density at radius 2 is 2.15 bits per heavy atom. The van der Waals surface area contributed by atoms with Crippen LogP contribution in [0.15, 0.2) is 16.0 Å². The lowest BCUT2D eigenvalue weighted by atomic mass is 10.1. The molecule has 20 heavy (non-hydrogen) atoms. The number of hydrogen-bond acceptors (Lipinski definition) is 6. The highest BCUT2D eigenvalue weighted by Gasteiger charge is 2.27. The number of nitrogens with zero attached hydrogens (tertiary/aromatic N) is 4. The molecule has 0 saturated heterocycles. The first-order valence-electron chi connectivity index (χ1n) is 6.01. The van der Waals surface area contributed by atoms with Gasteiger partial charge in [-0.2, -0.15) is 0 Å². The largest absolute Gasteiger partial charge is 0.481 e. The van der Waals surface area contributed by atoms with Crippen molar-refractivity contribution in [2.45, 2.75) is 38.4 Å². The van der Waals surface area contributed by atoms with E-state index in [2.05, 4.69) is 15.2 Å². The SMILES string of the molecule is Cc1ncoc1-c1nnc(SCC(=O)O)n1C(C)(C)C. The minimum atomic E-state index is -0.893. The van der Waals surface area contributed by atoms with E-state index in [0.717, 1.165) is 17.5 Å². The molecule has 0 spiro atoms. The van der Waals surface area contributed by atoms with Gasteiger partial charge in [0, 0.05) is 5.54 Å². The zero-order chi connectivity index (χ0) is 14.9. The van der Waals surface area contributed by atoms with Crippen LogP contribution in [0.3, 0.4) is 0 Å². The van der Waals surface area contributed by atoms with Crippen LogP contribution < -0.4 is 0 Å². The van der Waals surface area contributed by atoms with Crippen molar-refractivity contribution in [3.63, 3.8) is 0 Å². The molecule has 0 aliphatic heterocycles. The number of carboxylic acids is 1. The van der Waals surface area contributed by atoms with E-state index >= 15 is 0 Å². The van der Waals surface area contributed by atoms with Gasteiger partial charge in [-0.15, -0.1) is 10.2 Å². The normalized spacial score (nSPS) is 11.8. The second kappa shape index (κ2) is 5.28. The monoisotopic (exact) mass is 296 g/mol. The maximum Gasteiger partial charge on any atom is 0.313 e.